The van der Waals surface area contributed by atoms with E-state index in [0.717, 1.165) is 8.52 Å². The molecule has 2 rings (SSSR count). The molecule has 18 heavy (non-hydrogen) atoms. The van der Waals surface area contributed by atoms with Gasteiger partial charge in [-0.15, -0.1) is 0 Å². The first-order chi connectivity index (χ1) is 8.66. The molecule has 1 atom stereocenters. The Balaban J connectivity index is 2.03. The zero-order valence-corrected chi connectivity index (χ0v) is 12.3. The van der Waals surface area contributed by atoms with Crippen LogP contribution in [0, 0.1) is 0 Å². The molecule has 0 radical (unpaired) electrons. The maximum absolute atomic E-state index is 11.7. The lowest BCUT2D eigenvalue weighted by molar-refractivity contribution is 0.103. The summed E-state index contributed by atoms with van der Waals surface area (Å²) in [6.45, 7) is 5.33. The Morgan fingerprint density at radius 2 is 2.17 bits per heavy atom. The molecule has 0 aromatic heterocycles. The van der Waals surface area contributed by atoms with Crippen LogP contribution in [0.1, 0.15) is 17.3 Å². The van der Waals surface area contributed by atoms with Crippen LogP contribution >= 0.6 is 25.5 Å². The van der Waals surface area contributed by atoms with Crippen LogP contribution in [0.2, 0.25) is 0 Å². The van der Waals surface area contributed by atoms with Gasteiger partial charge in [0.1, 0.15) is 14.3 Å². The van der Waals surface area contributed by atoms with Gasteiger partial charge in [-0.05, 0) is 36.8 Å². The molecule has 92 valence electrons. The van der Waals surface area contributed by atoms with Gasteiger partial charge in [0.15, 0.2) is 14.3 Å². The number of carbonyl (C=O) groups excluding carboxylic acids is 1. The summed E-state index contributed by atoms with van der Waals surface area (Å²) in [5, 5.41) is 0. The van der Waals surface area contributed by atoms with Crippen molar-refractivity contribution in [3.63, 3.8) is 0 Å². The van der Waals surface area contributed by atoms with Gasteiger partial charge in [0.05, 0.1) is 0 Å². The van der Waals surface area contributed by atoms with E-state index in [-0.39, 0.29) is 5.78 Å². The lowest BCUT2D eigenvalue weighted by Gasteiger charge is -2.12. The zero-order valence-electron chi connectivity index (χ0n) is 9.57. The van der Waals surface area contributed by atoms with E-state index in [1.165, 1.54) is 0 Å². The Hall–Kier alpha value is -0.980. The second-order valence-electron chi connectivity index (χ2n) is 3.47. The van der Waals surface area contributed by atoms with Gasteiger partial charge >= 0.3 is 8.45 Å². The van der Waals surface area contributed by atoms with Gasteiger partial charge in [-0.25, -0.2) is 0 Å². The molecular formula is C10H10N3O2P3. The van der Waals surface area contributed by atoms with Crippen molar-refractivity contribution < 1.29 is 9.32 Å². The van der Waals surface area contributed by atoms with Gasteiger partial charge in [-0.3, -0.25) is 4.79 Å². The second-order valence-corrected chi connectivity index (χ2v) is 6.80. The van der Waals surface area contributed by atoms with Crippen LogP contribution in [-0.4, -0.2) is 5.78 Å². The van der Waals surface area contributed by atoms with E-state index in [4.69, 9.17) is 4.52 Å². The first kappa shape index (κ1) is 13.5. The van der Waals surface area contributed by atoms with Crippen molar-refractivity contribution in [1.82, 2.24) is 4.86 Å². The van der Waals surface area contributed by atoms with Crippen LogP contribution in [0.25, 0.3) is 0 Å². The number of Topliss-reactive ketones (excluding diaryl/α,β-unsaturated/α-hetero) is 1. The molecule has 0 spiro atoms. The highest BCUT2D eigenvalue weighted by atomic mass is 31.2. The van der Waals surface area contributed by atoms with Crippen molar-refractivity contribution in [2.75, 3.05) is 0 Å². The molecule has 1 N–H and O–H groups in total. The van der Waals surface area contributed by atoms with Crippen molar-refractivity contribution in [2.24, 2.45) is 9.03 Å². The molecule has 1 aromatic rings. The highest BCUT2D eigenvalue weighted by Crippen LogP contribution is 2.44. The SMILES string of the molecule is C=C(C)C(=O)c1ccc(OP2N=PN=PN2)cc1. The van der Waals surface area contributed by atoms with Crippen LogP contribution in [0.5, 0.6) is 5.75 Å². The number of hydrogen-bond donors (Lipinski definition) is 1. The largest absolute Gasteiger partial charge is 0.439 e. The topological polar surface area (TPSA) is 63.0 Å². The summed E-state index contributed by atoms with van der Waals surface area (Å²) < 4.78 is 13.8. The predicted molar refractivity (Wildman–Crippen MR) is 75.0 cm³/mol. The monoisotopic (exact) mass is 297 g/mol. The Labute approximate surface area is 109 Å². The molecular weight excluding hydrogens is 287 g/mol. The fourth-order valence-corrected chi connectivity index (χ4v) is 4.10. The molecule has 0 saturated carbocycles. The molecule has 1 aliphatic rings. The fourth-order valence-electron chi connectivity index (χ4n) is 1.20. The second kappa shape index (κ2) is 6.26. The van der Waals surface area contributed by atoms with Crippen LogP contribution < -0.4 is 9.38 Å². The van der Waals surface area contributed by atoms with Gasteiger partial charge in [-0.2, -0.15) is 13.9 Å². The third-order valence-electron chi connectivity index (χ3n) is 2.03. The van der Waals surface area contributed by atoms with Gasteiger partial charge < -0.3 is 4.52 Å². The normalized spacial score (nSPS) is 19.3. The number of rotatable bonds is 4. The Morgan fingerprint density at radius 3 is 2.72 bits per heavy atom. The van der Waals surface area contributed by atoms with Crippen LogP contribution in [0.3, 0.4) is 0 Å². The molecule has 8 heteroatoms. The van der Waals surface area contributed by atoms with Gasteiger partial charge in [0, 0.05) is 5.56 Å². The number of carbonyl (C=O) groups is 1. The number of nitrogens with one attached hydrogen (secondary N) is 1. The minimum absolute atomic E-state index is 0.0522. The summed E-state index contributed by atoms with van der Waals surface area (Å²) >= 11 is 0. The standard InChI is InChI=1S/C10H10N3O2P3/c1-7(2)10(14)8-3-5-9(6-4-8)15-18-12-16-11-17-13-18/h3-6H,1H2,2H3,(H,11,12,13). The average Bonchev–Trinajstić information content (AvgIpc) is 2.40. The van der Waals surface area contributed by atoms with E-state index in [1.807, 2.05) is 0 Å². The molecule has 1 unspecified atom stereocenters. The summed E-state index contributed by atoms with van der Waals surface area (Å²) in [6.07, 6.45) is 0. The van der Waals surface area contributed by atoms with Crippen molar-refractivity contribution >= 4 is 31.3 Å². The van der Waals surface area contributed by atoms with E-state index in [0.29, 0.717) is 25.4 Å². The Bertz CT molecular complexity index is 528. The van der Waals surface area contributed by atoms with Crippen molar-refractivity contribution in [1.29, 1.82) is 0 Å². The molecule has 1 aromatic carbocycles. The van der Waals surface area contributed by atoms with E-state index in [1.54, 1.807) is 31.2 Å². The first-order valence-corrected chi connectivity index (χ1v) is 7.87. The van der Waals surface area contributed by atoms with Gasteiger partial charge in [-0.1, -0.05) is 6.58 Å². The maximum atomic E-state index is 11.7. The lowest BCUT2D eigenvalue weighted by atomic mass is 10.1. The van der Waals surface area contributed by atoms with Gasteiger partial charge in [0.25, 0.3) is 0 Å². The predicted octanol–water partition coefficient (Wildman–Crippen LogP) is 4.74. The maximum Gasteiger partial charge on any atom is 0.311 e. The third kappa shape index (κ3) is 3.51. The van der Waals surface area contributed by atoms with E-state index < -0.39 is 8.45 Å². The van der Waals surface area contributed by atoms with Crippen molar-refractivity contribution in [3.8, 4) is 5.75 Å². The van der Waals surface area contributed by atoms with E-state index >= 15 is 0 Å². The molecule has 5 nitrogen and oxygen atoms in total. The highest BCUT2D eigenvalue weighted by Gasteiger charge is 2.12. The van der Waals surface area contributed by atoms with Crippen LogP contribution in [0.4, 0.5) is 0 Å². The minimum atomic E-state index is -1.03. The molecule has 0 bridgehead atoms. The zero-order chi connectivity index (χ0) is 13.0. The summed E-state index contributed by atoms with van der Waals surface area (Å²) in [5.41, 5.74) is 1.14. The fraction of sp³-hybridized carbons (Fsp3) is 0.100. The van der Waals surface area contributed by atoms with E-state index in [2.05, 4.69) is 20.5 Å². The van der Waals surface area contributed by atoms with E-state index in [9.17, 15) is 4.79 Å². The summed E-state index contributed by atoms with van der Waals surface area (Å²) in [7, 11) is 0.447. The molecule has 1 heterocycles. The lowest BCUT2D eigenvalue weighted by Crippen LogP contribution is -2.00. The molecule has 0 aliphatic carbocycles. The highest BCUT2D eigenvalue weighted by molar-refractivity contribution is 7.64. The van der Waals surface area contributed by atoms with Crippen LogP contribution in [-0.2, 0) is 0 Å². The number of ketones is 1. The average molecular weight is 297 g/mol. The van der Waals surface area contributed by atoms with Gasteiger partial charge in [0.2, 0.25) is 0 Å². The number of hydrogen-bond acceptors (Lipinski definition) is 5. The Morgan fingerprint density at radius 1 is 1.44 bits per heavy atom. The Kier molecular flexibility index (Phi) is 4.68. The molecule has 0 amide bonds. The van der Waals surface area contributed by atoms with Crippen molar-refractivity contribution in [2.45, 2.75) is 6.92 Å². The molecule has 1 aliphatic heterocycles. The summed E-state index contributed by atoms with van der Waals surface area (Å²) in [6, 6.07) is 6.97. The number of benzene rings is 1. The number of nitrogens with zero attached hydrogens (tertiary/aromatic N) is 2. The third-order valence-corrected chi connectivity index (χ3v) is 5.11. The summed E-state index contributed by atoms with van der Waals surface area (Å²) in [4.78, 5) is 14.7. The van der Waals surface area contributed by atoms with Crippen LogP contribution in [0.15, 0.2) is 45.4 Å². The quantitative estimate of drug-likeness (QED) is 0.496. The van der Waals surface area contributed by atoms with Crippen molar-refractivity contribution in [3.05, 3.63) is 42.0 Å². The molecule has 0 fully saturated rings. The minimum Gasteiger partial charge on any atom is -0.439 e. The smallest absolute Gasteiger partial charge is 0.311 e. The molecule has 0 saturated heterocycles. The summed E-state index contributed by atoms with van der Waals surface area (Å²) in [5.74, 6) is 0.631. The number of allylic oxidation sites excluding steroid dienone is 1. The first-order valence-electron chi connectivity index (χ1n) is 5.01.